The van der Waals surface area contributed by atoms with Crippen molar-refractivity contribution in [1.82, 2.24) is 9.80 Å². The molecule has 1 aliphatic rings. The SMILES string of the molecule is CCN(CC)C(=O)N(C)C1CCCCC1O. The molecule has 0 radical (unpaired) electrons. The molecule has 0 aromatic heterocycles. The molecule has 94 valence electrons. The van der Waals surface area contributed by atoms with Crippen LogP contribution in [0.5, 0.6) is 0 Å². The number of hydrogen-bond acceptors (Lipinski definition) is 2. The van der Waals surface area contributed by atoms with Crippen molar-refractivity contribution >= 4 is 6.03 Å². The van der Waals surface area contributed by atoms with Crippen LogP contribution >= 0.6 is 0 Å². The summed E-state index contributed by atoms with van der Waals surface area (Å²) in [7, 11) is 1.81. The Morgan fingerprint density at radius 2 is 1.81 bits per heavy atom. The van der Waals surface area contributed by atoms with E-state index in [1.807, 2.05) is 13.8 Å². The zero-order chi connectivity index (χ0) is 12.1. The van der Waals surface area contributed by atoms with E-state index in [0.29, 0.717) is 0 Å². The molecule has 0 spiro atoms. The van der Waals surface area contributed by atoms with Crippen LogP contribution in [0.25, 0.3) is 0 Å². The molecule has 16 heavy (non-hydrogen) atoms. The third-order valence-corrected chi connectivity index (χ3v) is 3.53. The third kappa shape index (κ3) is 2.88. The highest BCUT2D eigenvalue weighted by Crippen LogP contribution is 2.23. The van der Waals surface area contributed by atoms with Crippen LogP contribution in [-0.2, 0) is 0 Å². The Balaban J connectivity index is 2.60. The van der Waals surface area contributed by atoms with Crippen molar-refractivity contribution in [3.8, 4) is 0 Å². The zero-order valence-corrected chi connectivity index (χ0v) is 10.6. The Morgan fingerprint density at radius 1 is 1.25 bits per heavy atom. The average molecular weight is 228 g/mol. The van der Waals surface area contributed by atoms with Crippen molar-refractivity contribution in [2.45, 2.75) is 51.7 Å². The molecule has 2 atom stereocenters. The van der Waals surface area contributed by atoms with Gasteiger partial charge < -0.3 is 14.9 Å². The summed E-state index contributed by atoms with van der Waals surface area (Å²) in [6.07, 6.45) is 3.58. The van der Waals surface area contributed by atoms with Crippen LogP contribution in [0.4, 0.5) is 4.79 Å². The molecule has 0 heterocycles. The molecular formula is C12H24N2O2. The molecule has 2 amide bonds. The molecule has 4 nitrogen and oxygen atoms in total. The Labute approximate surface area is 98.2 Å². The standard InChI is InChI=1S/C12H24N2O2/c1-4-14(5-2)12(16)13(3)10-8-6-7-9-11(10)15/h10-11,15H,4-9H2,1-3H3. The van der Waals surface area contributed by atoms with E-state index < -0.39 is 0 Å². The minimum absolute atomic E-state index is 0.00171. The van der Waals surface area contributed by atoms with Crippen LogP contribution in [0.3, 0.4) is 0 Å². The van der Waals surface area contributed by atoms with Crippen molar-refractivity contribution in [2.24, 2.45) is 0 Å². The largest absolute Gasteiger partial charge is 0.391 e. The van der Waals surface area contributed by atoms with Crippen molar-refractivity contribution in [1.29, 1.82) is 0 Å². The van der Waals surface area contributed by atoms with Gasteiger partial charge in [0.2, 0.25) is 0 Å². The zero-order valence-electron chi connectivity index (χ0n) is 10.6. The van der Waals surface area contributed by atoms with Crippen molar-refractivity contribution in [3.05, 3.63) is 0 Å². The predicted octanol–water partition coefficient (Wildman–Crippen LogP) is 1.68. The second kappa shape index (κ2) is 6.09. The number of likely N-dealkylation sites (N-methyl/N-ethyl adjacent to an activating group) is 1. The fourth-order valence-corrected chi connectivity index (χ4v) is 2.40. The maximum absolute atomic E-state index is 12.1. The second-order valence-electron chi connectivity index (χ2n) is 4.48. The molecular weight excluding hydrogens is 204 g/mol. The summed E-state index contributed by atoms with van der Waals surface area (Å²) in [6.45, 7) is 5.41. The maximum atomic E-state index is 12.1. The molecule has 0 aromatic carbocycles. The monoisotopic (exact) mass is 228 g/mol. The van der Waals surface area contributed by atoms with Gasteiger partial charge in [0.1, 0.15) is 0 Å². The molecule has 1 fully saturated rings. The first-order valence-electron chi connectivity index (χ1n) is 6.31. The van der Waals surface area contributed by atoms with Crippen LogP contribution in [0.2, 0.25) is 0 Å². The third-order valence-electron chi connectivity index (χ3n) is 3.53. The summed E-state index contributed by atoms with van der Waals surface area (Å²) in [5.41, 5.74) is 0. The molecule has 0 aromatic rings. The van der Waals surface area contributed by atoms with Crippen LogP contribution in [0, 0.1) is 0 Å². The van der Waals surface area contributed by atoms with E-state index in [1.54, 1.807) is 16.8 Å². The number of carbonyl (C=O) groups excluding carboxylic acids is 1. The first kappa shape index (κ1) is 13.3. The van der Waals surface area contributed by atoms with Gasteiger partial charge in [-0.1, -0.05) is 12.8 Å². The van der Waals surface area contributed by atoms with Crippen LogP contribution in [0.1, 0.15) is 39.5 Å². The van der Waals surface area contributed by atoms with E-state index in [2.05, 4.69) is 0 Å². The minimum atomic E-state index is -0.349. The van der Waals surface area contributed by atoms with E-state index in [0.717, 1.165) is 38.8 Å². The summed E-state index contributed by atoms with van der Waals surface area (Å²) in [6, 6.07) is 0.0396. The summed E-state index contributed by atoms with van der Waals surface area (Å²) in [5.74, 6) is 0. The summed E-state index contributed by atoms with van der Waals surface area (Å²) in [4.78, 5) is 15.6. The predicted molar refractivity (Wildman–Crippen MR) is 64.3 cm³/mol. The van der Waals surface area contributed by atoms with E-state index in [1.165, 1.54) is 0 Å². The molecule has 0 aliphatic heterocycles. The average Bonchev–Trinajstić information content (AvgIpc) is 2.30. The topological polar surface area (TPSA) is 43.8 Å². The van der Waals surface area contributed by atoms with Crippen LogP contribution in [0.15, 0.2) is 0 Å². The molecule has 1 N–H and O–H groups in total. The van der Waals surface area contributed by atoms with E-state index in [-0.39, 0.29) is 18.2 Å². The highest BCUT2D eigenvalue weighted by molar-refractivity contribution is 5.74. The molecule has 0 bridgehead atoms. The first-order valence-corrected chi connectivity index (χ1v) is 6.31. The van der Waals surface area contributed by atoms with Gasteiger partial charge in [-0.25, -0.2) is 4.79 Å². The van der Waals surface area contributed by atoms with Crippen LogP contribution < -0.4 is 0 Å². The van der Waals surface area contributed by atoms with E-state index in [4.69, 9.17) is 0 Å². The molecule has 0 saturated heterocycles. The van der Waals surface area contributed by atoms with Gasteiger partial charge in [-0.15, -0.1) is 0 Å². The fourth-order valence-electron chi connectivity index (χ4n) is 2.40. The lowest BCUT2D eigenvalue weighted by Gasteiger charge is -2.37. The van der Waals surface area contributed by atoms with Gasteiger partial charge in [-0.05, 0) is 26.7 Å². The van der Waals surface area contributed by atoms with Crippen LogP contribution in [-0.4, -0.2) is 53.2 Å². The molecule has 2 unspecified atom stereocenters. The number of aliphatic hydroxyl groups is 1. The number of aliphatic hydroxyl groups excluding tert-OH is 1. The highest BCUT2D eigenvalue weighted by atomic mass is 16.3. The summed E-state index contributed by atoms with van der Waals surface area (Å²) >= 11 is 0. The van der Waals surface area contributed by atoms with Gasteiger partial charge >= 0.3 is 6.03 Å². The van der Waals surface area contributed by atoms with Gasteiger partial charge in [0.05, 0.1) is 12.1 Å². The highest BCUT2D eigenvalue weighted by Gasteiger charge is 2.30. The molecule has 1 aliphatic carbocycles. The normalized spacial score (nSPS) is 25.2. The number of amides is 2. The first-order chi connectivity index (χ1) is 7.61. The van der Waals surface area contributed by atoms with Gasteiger partial charge in [0.25, 0.3) is 0 Å². The second-order valence-corrected chi connectivity index (χ2v) is 4.48. The summed E-state index contributed by atoms with van der Waals surface area (Å²) < 4.78 is 0. The smallest absolute Gasteiger partial charge is 0.320 e. The Kier molecular flexibility index (Phi) is 5.06. The quantitative estimate of drug-likeness (QED) is 0.798. The van der Waals surface area contributed by atoms with Crippen molar-refractivity contribution in [3.63, 3.8) is 0 Å². The molecule has 4 heteroatoms. The Hall–Kier alpha value is -0.770. The lowest BCUT2D eigenvalue weighted by molar-refractivity contribution is 0.0385. The minimum Gasteiger partial charge on any atom is -0.391 e. The van der Waals surface area contributed by atoms with E-state index >= 15 is 0 Å². The number of hydrogen-bond donors (Lipinski definition) is 1. The van der Waals surface area contributed by atoms with Gasteiger partial charge in [0.15, 0.2) is 0 Å². The Morgan fingerprint density at radius 3 is 2.31 bits per heavy atom. The van der Waals surface area contributed by atoms with Crippen molar-refractivity contribution < 1.29 is 9.90 Å². The van der Waals surface area contributed by atoms with Crippen molar-refractivity contribution in [2.75, 3.05) is 20.1 Å². The number of rotatable bonds is 3. The van der Waals surface area contributed by atoms with E-state index in [9.17, 15) is 9.90 Å². The lowest BCUT2D eigenvalue weighted by atomic mass is 9.92. The maximum Gasteiger partial charge on any atom is 0.320 e. The van der Waals surface area contributed by atoms with Gasteiger partial charge in [0, 0.05) is 20.1 Å². The van der Waals surface area contributed by atoms with Gasteiger partial charge in [-0.2, -0.15) is 0 Å². The molecule has 1 saturated carbocycles. The molecule has 1 rings (SSSR count). The summed E-state index contributed by atoms with van der Waals surface area (Å²) in [5, 5.41) is 9.90. The lowest BCUT2D eigenvalue weighted by Crippen LogP contribution is -2.51. The Bertz CT molecular complexity index is 229. The van der Waals surface area contributed by atoms with Gasteiger partial charge in [-0.3, -0.25) is 0 Å². The number of carbonyl (C=O) groups is 1. The number of urea groups is 1. The fraction of sp³-hybridized carbons (Fsp3) is 0.917. The number of nitrogens with zero attached hydrogens (tertiary/aromatic N) is 2.